The first kappa shape index (κ1) is 18.2. The summed E-state index contributed by atoms with van der Waals surface area (Å²) in [6.45, 7) is 1.98. The number of likely N-dealkylation sites (tertiary alicyclic amines) is 1. The van der Waals surface area contributed by atoms with Crippen LogP contribution in [-0.4, -0.2) is 57.5 Å². The molecule has 0 unspecified atom stereocenters. The highest BCUT2D eigenvalue weighted by atomic mass is 32.2. The first-order valence-electron chi connectivity index (χ1n) is 7.29. The number of methoxy groups -OCH3 is 1. The number of hydrogen-bond donors (Lipinski definition) is 2. The fourth-order valence-electron chi connectivity index (χ4n) is 2.62. The molecule has 9 heteroatoms. The fraction of sp³-hybridized carbons (Fsp3) is 0.467. The number of benzene rings is 1. The zero-order valence-electron chi connectivity index (χ0n) is 13.7. The van der Waals surface area contributed by atoms with Crippen molar-refractivity contribution in [1.82, 2.24) is 9.62 Å². The molecule has 1 amide bonds. The second-order valence-corrected chi connectivity index (χ2v) is 7.77. The number of amides is 1. The molecule has 1 atom stereocenters. The van der Waals surface area contributed by atoms with E-state index < -0.39 is 27.3 Å². The summed E-state index contributed by atoms with van der Waals surface area (Å²) in [6.07, 6.45) is 0.353. The lowest BCUT2D eigenvalue weighted by molar-refractivity contribution is -0.147. The van der Waals surface area contributed by atoms with Gasteiger partial charge < -0.3 is 14.7 Å². The Bertz CT molecular complexity index is 776. The smallest absolute Gasteiger partial charge is 0.311 e. The van der Waals surface area contributed by atoms with E-state index in [0.717, 1.165) is 0 Å². The van der Waals surface area contributed by atoms with E-state index in [1.807, 2.05) is 0 Å². The molecule has 2 rings (SSSR count). The molecule has 1 aliphatic heterocycles. The average molecular weight is 356 g/mol. The highest BCUT2D eigenvalue weighted by Gasteiger charge is 2.42. The van der Waals surface area contributed by atoms with Gasteiger partial charge in [0.1, 0.15) is 10.6 Å². The van der Waals surface area contributed by atoms with Crippen molar-refractivity contribution in [3.8, 4) is 5.75 Å². The van der Waals surface area contributed by atoms with Crippen LogP contribution in [0.4, 0.5) is 0 Å². The second-order valence-electron chi connectivity index (χ2n) is 5.92. The second kappa shape index (κ2) is 6.40. The normalized spacial score (nSPS) is 20.9. The van der Waals surface area contributed by atoms with Crippen LogP contribution in [0.3, 0.4) is 0 Å². The molecule has 1 aromatic carbocycles. The summed E-state index contributed by atoms with van der Waals surface area (Å²) < 4.78 is 31.4. The first-order valence-corrected chi connectivity index (χ1v) is 8.77. The van der Waals surface area contributed by atoms with Crippen LogP contribution in [0.1, 0.15) is 23.7 Å². The van der Waals surface area contributed by atoms with Gasteiger partial charge in [0.05, 0.1) is 12.5 Å². The summed E-state index contributed by atoms with van der Waals surface area (Å²) in [5, 5.41) is 9.25. The third-order valence-corrected chi connectivity index (χ3v) is 5.68. The number of nitrogens with one attached hydrogen (secondary N) is 1. The number of sulfonamides is 1. The fourth-order valence-corrected chi connectivity index (χ4v) is 3.54. The Labute approximate surface area is 140 Å². The monoisotopic (exact) mass is 356 g/mol. The Morgan fingerprint density at radius 3 is 2.54 bits per heavy atom. The van der Waals surface area contributed by atoms with Crippen molar-refractivity contribution in [2.75, 3.05) is 27.2 Å². The van der Waals surface area contributed by atoms with Crippen molar-refractivity contribution >= 4 is 21.9 Å². The lowest BCUT2D eigenvalue weighted by atomic mass is 9.90. The van der Waals surface area contributed by atoms with Gasteiger partial charge >= 0.3 is 5.97 Å². The molecule has 24 heavy (non-hydrogen) atoms. The van der Waals surface area contributed by atoms with Crippen LogP contribution < -0.4 is 9.46 Å². The van der Waals surface area contributed by atoms with E-state index in [0.29, 0.717) is 13.0 Å². The minimum Gasteiger partial charge on any atom is -0.495 e. The summed E-state index contributed by atoms with van der Waals surface area (Å²) in [5.41, 5.74) is -0.818. The molecule has 2 N–H and O–H groups in total. The Balaban J connectivity index is 2.35. The van der Waals surface area contributed by atoms with Crippen LogP contribution in [0.15, 0.2) is 23.1 Å². The van der Waals surface area contributed by atoms with Gasteiger partial charge in [0.15, 0.2) is 0 Å². The molecule has 0 aromatic heterocycles. The Hall–Kier alpha value is -2.13. The first-order chi connectivity index (χ1) is 11.1. The molecule has 1 saturated heterocycles. The Morgan fingerprint density at radius 1 is 1.38 bits per heavy atom. The van der Waals surface area contributed by atoms with Gasteiger partial charge in [0.25, 0.3) is 5.91 Å². The van der Waals surface area contributed by atoms with Gasteiger partial charge in [-0.05, 0) is 38.6 Å². The number of ether oxygens (including phenoxy) is 1. The van der Waals surface area contributed by atoms with Crippen LogP contribution >= 0.6 is 0 Å². The molecule has 1 aliphatic rings. The van der Waals surface area contributed by atoms with Crippen molar-refractivity contribution in [1.29, 1.82) is 0 Å². The highest BCUT2D eigenvalue weighted by molar-refractivity contribution is 7.89. The van der Waals surface area contributed by atoms with E-state index in [4.69, 9.17) is 4.74 Å². The SMILES string of the molecule is CNS(=O)(=O)c1cc(C(=O)N2CC[C@](C)(C(=O)O)C2)ccc1OC. The summed E-state index contributed by atoms with van der Waals surface area (Å²) >= 11 is 0. The summed E-state index contributed by atoms with van der Waals surface area (Å²) in [4.78, 5) is 25.2. The molecule has 1 aromatic rings. The number of nitrogens with zero attached hydrogens (tertiary/aromatic N) is 1. The Morgan fingerprint density at radius 2 is 2.04 bits per heavy atom. The zero-order chi connectivity index (χ0) is 18.1. The van der Waals surface area contributed by atoms with E-state index in [9.17, 15) is 23.1 Å². The minimum atomic E-state index is -3.80. The predicted molar refractivity (Wildman–Crippen MR) is 85.5 cm³/mol. The highest BCUT2D eigenvalue weighted by Crippen LogP contribution is 2.32. The summed E-state index contributed by atoms with van der Waals surface area (Å²) in [7, 11) is -1.19. The molecule has 132 valence electrons. The van der Waals surface area contributed by atoms with Crippen molar-refractivity contribution in [2.45, 2.75) is 18.2 Å². The number of rotatable bonds is 5. The average Bonchev–Trinajstić information content (AvgIpc) is 2.97. The number of aliphatic carboxylic acids is 1. The lowest BCUT2D eigenvalue weighted by Crippen LogP contribution is -2.35. The molecular weight excluding hydrogens is 336 g/mol. The quantitative estimate of drug-likeness (QED) is 0.796. The summed E-state index contributed by atoms with van der Waals surface area (Å²) in [5.74, 6) is -1.24. The molecule has 1 fully saturated rings. The van der Waals surface area contributed by atoms with Crippen LogP contribution in [0, 0.1) is 5.41 Å². The van der Waals surface area contributed by atoms with E-state index in [1.165, 1.54) is 37.3 Å². The molecule has 8 nitrogen and oxygen atoms in total. The number of carboxylic acid groups (broad SMARTS) is 1. The van der Waals surface area contributed by atoms with E-state index >= 15 is 0 Å². The number of hydrogen-bond acceptors (Lipinski definition) is 5. The molecule has 0 aliphatic carbocycles. The number of carbonyl (C=O) groups is 2. The molecule has 0 spiro atoms. The lowest BCUT2D eigenvalue weighted by Gasteiger charge is -2.20. The van der Waals surface area contributed by atoms with Crippen LogP contribution in [0.5, 0.6) is 5.75 Å². The van der Waals surface area contributed by atoms with Gasteiger partial charge in [-0.15, -0.1) is 0 Å². The maximum atomic E-state index is 12.6. The van der Waals surface area contributed by atoms with Crippen molar-refractivity contribution in [3.63, 3.8) is 0 Å². The van der Waals surface area contributed by atoms with Crippen molar-refractivity contribution in [2.24, 2.45) is 5.41 Å². The molecular formula is C15H20N2O6S. The van der Waals surface area contributed by atoms with Gasteiger partial charge in [0, 0.05) is 18.7 Å². The van der Waals surface area contributed by atoms with Gasteiger partial charge in [-0.2, -0.15) is 0 Å². The third-order valence-electron chi connectivity index (χ3n) is 4.25. The third kappa shape index (κ3) is 3.22. The maximum absolute atomic E-state index is 12.6. The van der Waals surface area contributed by atoms with Crippen LogP contribution in [0.25, 0.3) is 0 Å². The molecule has 0 radical (unpaired) electrons. The Kier molecular flexibility index (Phi) is 4.86. The van der Waals surface area contributed by atoms with Crippen LogP contribution in [-0.2, 0) is 14.8 Å². The molecule has 0 bridgehead atoms. The van der Waals surface area contributed by atoms with Gasteiger partial charge in [-0.3, -0.25) is 9.59 Å². The van der Waals surface area contributed by atoms with Gasteiger partial charge in [0.2, 0.25) is 10.0 Å². The zero-order valence-corrected chi connectivity index (χ0v) is 14.5. The largest absolute Gasteiger partial charge is 0.495 e. The standard InChI is InChI=1S/C15H20N2O6S/c1-15(14(19)20)6-7-17(9-15)13(18)10-4-5-11(23-3)12(8-10)24(21,22)16-2/h4-5,8,16H,6-7,9H2,1-3H3,(H,19,20)/t15-/m0/s1. The van der Waals surface area contributed by atoms with Crippen LogP contribution in [0.2, 0.25) is 0 Å². The van der Waals surface area contributed by atoms with Gasteiger partial charge in [-0.25, -0.2) is 13.1 Å². The molecule has 0 saturated carbocycles. The minimum absolute atomic E-state index is 0.0846. The molecule has 1 heterocycles. The predicted octanol–water partition coefficient (Wildman–Crippen LogP) is 0.540. The topological polar surface area (TPSA) is 113 Å². The van der Waals surface area contributed by atoms with E-state index in [-0.39, 0.29) is 22.8 Å². The van der Waals surface area contributed by atoms with Gasteiger partial charge in [-0.1, -0.05) is 0 Å². The van der Waals surface area contributed by atoms with E-state index in [2.05, 4.69) is 4.72 Å². The number of carbonyl (C=O) groups excluding carboxylic acids is 1. The van der Waals surface area contributed by atoms with Crippen molar-refractivity contribution < 1.29 is 27.9 Å². The maximum Gasteiger partial charge on any atom is 0.311 e. The number of carboxylic acids is 1. The van der Waals surface area contributed by atoms with Crippen molar-refractivity contribution in [3.05, 3.63) is 23.8 Å². The summed E-state index contributed by atoms with van der Waals surface area (Å²) in [6, 6.07) is 4.11. The van der Waals surface area contributed by atoms with E-state index in [1.54, 1.807) is 6.92 Å².